The monoisotopic (exact) mass is 256 g/mol. The van der Waals surface area contributed by atoms with Gasteiger partial charge in [0.1, 0.15) is 6.10 Å². The van der Waals surface area contributed by atoms with Gasteiger partial charge in [0, 0.05) is 12.2 Å². The Kier molecular flexibility index (Phi) is 6.66. The van der Waals surface area contributed by atoms with E-state index in [1.165, 1.54) is 0 Å². The van der Waals surface area contributed by atoms with E-state index in [1.807, 2.05) is 0 Å². The number of carboxylic acids is 1. The average Bonchev–Trinajstić information content (AvgIpc) is 2.10. The Morgan fingerprint density at radius 3 is 2.17 bits per heavy atom. The number of ether oxygens (including phenoxy) is 1. The summed E-state index contributed by atoms with van der Waals surface area (Å²) in [6.07, 6.45) is 3.13. The molecule has 4 heteroatoms. The summed E-state index contributed by atoms with van der Waals surface area (Å²) in [6, 6.07) is 0. The summed E-state index contributed by atoms with van der Waals surface area (Å²) in [5, 5.41) is 8.43. The third kappa shape index (κ3) is 9.87. The number of esters is 1. The van der Waals surface area contributed by atoms with E-state index in [4.69, 9.17) is 9.84 Å². The molecule has 0 aliphatic heterocycles. The van der Waals surface area contributed by atoms with Gasteiger partial charge in [-0.2, -0.15) is 0 Å². The molecule has 1 N–H and O–H groups in total. The fraction of sp³-hybridized carbons (Fsp3) is 0.714. The lowest BCUT2D eigenvalue weighted by Crippen LogP contribution is -2.25. The summed E-state index contributed by atoms with van der Waals surface area (Å²) in [7, 11) is 0. The minimum atomic E-state index is -1.15. The zero-order valence-corrected chi connectivity index (χ0v) is 11.9. The normalized spacial score (nSPS) is 13.9. The number of hydrogen-bond donors (Lipinski definition) is 1. The highest BCUT2D eigenvalue weighted by molar-refractivity contribution is 5.90. The van der Waals surface area contributed by atoms with Gasteiger partial charge in [0.15, 0.2) is 0 Å². The van der Waals surface area contributed by atoms with E-state index in [1.54, 1.807) is 0 Å². The van der Waals surface area contributed by atoms with Gasteiger partial charge in [0.25, 0.3) is 0 Å². The van der Waals surface area contributed by atoms with Crippen molar-refractivity contribution >= 4 is 11.9 Å². The van der Waals surface area contributed by atoms with Crippen molar-refractivity contribution in [3.8, 4) is 0 Å². The number of carbonyl (C=O) groups is 2. The Balaban J connectivity index is 4.49. The molecule has 0 aromatic rings. The Bertz CT molecular complexity index is 310. The molecule has 18 heavy (non-hydrogen) atoms. The van der Waals surface area contributed by atoms with Crippen LogP contribution >= 0.6 is 0 Å². The Morgan fingerprint density at radius 1 is 1.22 bits per heavy atom. The molecule has 0 amide bonds. The molecule has 0 rings (SSSR count). The zero-order chi connectivity index (χ0) is 14.3. The molecule has 0 radical (unpaired) electrons. The standard InChI is InChI=1S/C14H24O4/c1-10(2)8-11(9-14(3,4)5)18-13(17)7-6-12(15)16/h6-7,10-11H,8-9H2,1-5H3,(H,15,16)/b7-6+. The van der Waals surface area contributed by atoms with Crippen LogP contribution in [0.3, 0.4) is 0 Å². The van der Waals surface area contributed by atoms with Crippen LogP contribution in [0.4, 0.5) is 0 Å². The van der Waals surface area contributed by atoms with E-state index in [0.717, 1.165) is 25.0 Å². The van der Waals surface area contributed by atoms with Crippen LogP contribution in [0.25, 0.3) is 0 Å². The van der Waals surface area contributed by atoms with Crippen molar-refractivity contribution in [2.75, 3.05) is 0 Å². The molecule has 0 bridgehead atoms. The molecule has 0 fully saturated rings. The summed E-state index contributed by atoms with van der Waals surface area (Å²) in [5.41, 5.74) is 0.0658. The van der Waals surface area contributed by atoms with Gasteiger partial charge in [0.05, 0.1) is 0 Å². The van der Waals surface area contributed by atoms with Crippen LogP contribution in [0.2, 0.25) is 0 Å². The quantitative estimate of drug-likeness (QED) is 0.586. The van der Waals surface area contributed by atoms with E-state index in [-0.39, 0.29) is 11.5 Å². The minimum Gasteiger partial charge on any atom is -0.478 e. The van der Waals surface area contributed by atoms with Gasteiger partial charge < -0.3 is 9.84 Å². The van der Waals surface area contributed by atoms with Crippen LogP contribution in [0.15, 0.2) is 12.2 Å². The van der Waals surface area contributed by atoms with E-state index in [9.17, 15) is 9.59 Å². The van der Waals surface area contributed by atoms with E-state index >= 15 is 0 Å². The molecule has 0 saturated heterocycles. The molecule has 0 aromatic carbocycles. The molecule has 0 aliphatic rings. The lowest BCUT2D eigenvalue weighted by Gasteiger charge is -2.26. The van der Waals surface area contributed by atoms with Crippen molar-refractivity contribution in [2.45, 2.75) is 53.6 Å². The molecule has 1 atom stereocenters. The topological polar surface area (TPSA) is 63.6 Å². The number of hydrogen-bond acceptors (Lipinski definition) is 3. The minimum absolute atomic E-state index is 0.0658. The molecular formula is C14H24O4. The Hall–Kier alpha value is -1.32. The van der Waals surface area contributed by atoms with Crippen molar-refractivity contribution in [3.05, 3.63) is 12.2 Å². The number of aliphatic carboxylic acids is 1. The second-order valence-corrected chi connectivity index (χ2v) is 6.12. The van der Waals surface area contributed by atoms with Crippen LogP contribution in [-0.4, -0.2) is 23.1 Å². The van der Waals surface area contributed by atoms with Crippen molar-refractivity contribution in [3.63, 3.8) is 0 Å². The lowest BCUT2D eigenvalue weighted by atomic mass is 9.86. The molecule has 104 valence electrons. The Labute approximate surface area is 109 Å². The zero-order valence-electron chi connectivity index (χ0n) is 11.9. The van der Waals surface area contributed by atoms with Gasteiger partial charge in [-0.3, -0.25) is 0 Å². The van der Waals surface area contributed by atoms with Gasteiger partial charge >= 0.3 is 11.9 Å². The first kappa shape index (κ1) is 16.7. The summed E-state index contributed by atoms with van der Waals surface area (Å²) in [4.78, 5) is 21.8. The van der Waals surface area contributed by atoms with E-state index in [0.29, 0.717) is 5.92 Å². The maximum Gasteiger partial charge on any atom is 0.331 e. The van der Waals surface area contributed by atoms with Gasteiger partial charge in [-0.15, -0.1) is 0 Å². The summed E-state index contributed by atoms with van der Waals surface area (Å²) in [5.74, 6) is -1.32. The van der Waals surface area contributed by atoms with Crippen molar-refractivity contribution in [1.82, 2.24) is 0 Å². The smallest absolute Gasteiger partial charge is 0.331 e. The fourth-order valence-corrected chi connectivity index (χ4v) is 1.72. The van der Waals surface area contributed by atoms with Crippen LogP contribution < -0.4 is 0 Å². The Morgan fingerprint density at radius 2 is 1.78 bits per heavy atom. The number of carbonyl (C=O) groups excluding carboxylic acids is 1. The second-order valence-electron chi connectivity index (χ2n) is 6.12. The predicted molar refractivity (Wildman–Crippen MR) is 70.2 cm³/mol. The lowest BCUT2D eigenvalue weighted by molar-refractivity contribution is -0.145. The molecule has 0 aromatic heterocycles. The molecule has 0 aliphatic carbocycles. The highest BCUT2D eigenvalue weighted by Gasteiger charge is 2.22. The van der Waals surface area contributed by atoms with Crippen LogP contribution in [-0.2, 0) is 14.3 Å². The molecule has 4 nitrogen and oxygen atoms in total. The largest absolute Gasteiger partial charge is 0.478 e. The first-order chi connectivity index (χ1) is 8.10. The van der Waals surface area contributed by atoms with Gasteiger partial charge in [-0.1, -0.05) is 34.6 Å². The third-order valence-electron chi connectivity index (χ3n) is 2.22. The van der Waals surface area contributed by atoms with Gasteiger partial charge in [-0.25, -0.2) is 9.59 Å². The SMILES string of the molecule is CC(C)CC(CC(C)(C)C)OC(=O)/C=C/C(=O)O. The molecule has 0 spiro atoms. The molecular weight excluding hydrogens is 232 g/mol. The van der Waals surface area contributed by atoms with Crippen molar-refractivity contribution < 1.29 is 19.4 Å². The second kappa shape index (κ2) is 7.19. The van der Waals surface area contributed by atoms with Crippen LogP contribution in [0.1, 0.15) is 47.5 Å². The highest BCUT2D eigenvalue weighted by atomic mass is 16.5. The third-order valence-corrected chi connectivity index (χ3v) is 2.22. The van der Waals surface area contributed by atoms with E-state index < -0.39 is 11.9 Å². The fourth-order valence-electron chi connectivity index (χ4n) is 1.72. The van der Waals surface area contributed by atoms with Crippen molar-refractivity contribution in [2.24, 2.45) is 11.3 Å². The van der Waals surface area contributed by atoms with Crippen LogP contribution in [0, 0.1) is 11.3 Å². The van der Waals surface area contributed by atoms with Crippen molar-refractivity contribution in [1.29, 1.82) is 0 Å². The summed E-state index contributed by atoms with van der Waals surface area (Å²) < 4.78 is 5.30. The summed E-state index contributed by atoms with van der Waals surface area (Å²) >= 11 is 0. The van der Waals surface area contributed by atoms with Gasteiger partial charge in [0.2, 0.25) is 0 Å². The molecule has 0 saturated carbocycles. The predicted octanol–water partition coefficient (Wildman–Crippen LogP) is 3.02. The van der Waals surface area contributed by atoms with Crippen LogP contribution in [0.5, 0.6) is 0 Å². The molecule has 1 unspecified atom stereocenters. The first-order valence-corrected chi connectivity index (χ1v) is 6.22. The maximum absolute atomic E-state index is 11.5. The number of carboxylic acid groups (broad SMARTS) is 1. The first-order valence-electron chi connectivity index (χ1n) is 6.22. The van der Waals surface area contributed by atoms with Gasteiger partial charge in [-0.05, 0) is 24.2 Å². The maximum atomic E-state index is 11.5. The summed E-state index contributed by atoms with van der Waals surface area (Å²) in [6.45, 7) is 10.4. The van der Waals surface area contributed by atoms with E-state index in [2.05, 4.69) is 34.6 Å². The highest BCUT2D eigenvalue weighted by Crippen LogP contribution is 2.26. The average molecular weight is 256 g/mol. The molecule has 0 heterocycles. The number of rotatable bonds is 6.